The molecule has 0 saturated carbocycles. The number of nitrogens with zero attached hydrogens (tertiary/aromatic N) is 4. The van der Waals surface area contributed by atoms with Crippen LogP contribution in [0.5, 0.6) is 11.5 Å². The van der Waals surface area contributed by atoms with Crippen molar-refractivity contribution in [2.24, 2.45) is 7.05 Å². The van der Waals surface area contributed by atoms with Gasteiger partial charge >= 0.3 is 5.69 Å². The van der Waals surface area contributed by atoms with Gasteiger partial charge in [0.15, 0.2) is 11.5 Å². The molecule has 0 fully saturated rings. The Morgan fingerprint density at radius 3 is 2.75 bits per heavy atom. The lowest BCUT2D eigenvalue weighted by Gasteiger charge is -2.22. The molecule has 2 heterocycles. The van der Waals surface area contributed by atoms with Gasteiger partial charge in [0.05, 0.1) is 4.92 Å². The lowest BCUT2D eigenvalue weighted by Crippen LogP contribution is -2.25. The third kappa shape index (κ3) is 2.75. The summed E-state index contributed by atoms with van der Waals surface area (Å²) in [5.41, 5.74) is 1.58. The van der Waals surface area contributed by atoms with Crippen LogP contribution in [0.15, 0.2) is 18.2 Å². The van der Waals surface area contributed by atoms with E-state index in [1.54, 1.807) is 11.7 Å². The van der Waals surface area contributed by atoms with Crippen LogP contribution in [0, 0.1) is 10.1 Å². The lowest BCUT2D eigenvalue weighted by molar-refractivity contribution is -0.384. The molecule has 3 rings (SSSR count). The Bertz CT molecular complexity index is 772. The van der Waals surface area contributed by atoms with Gasteiger partial charge < -0.3 is 14.4 Å². The quantitative estimate of drug-likeness (QED) is 0.597. The van der Waals surface area contributed by atoms with Gasteiger partial charge in [-0.25, -0.2) is 4.68 Å². The van der Waals surface area contributed by atoms with E-state index in [2.05, 4.69) is 5.10 Å². The normalized spacial score (nSPS) is 12.5. The van der Waals surface area contributed by atoms with Crippen molar-refractivity contribution < 1.29 is 14.4 Å². The van der Waals surface area contributed by atoms with E-state index in [0.717, 1.165) is 11.3 Å². The zero-order valence-corrected chi connectivity index (χ0v) is 14.0. The smallest absolute Gasteiger partial charge is 0.334 e. The van der Waals surface area contributed by atoms with E-state index < -0.39 is 0 Å². The number of aryl methyl sites for hydroxylation is 2. The number of benzene rings is 1. The van der Waals surface area contributed by atoms with Crippen molar-refractivity contribution in [2.75, 3.05) is 18.2 Å². The summed E-state index contributed by atoms with van der Waals surface area (Å²) in [5, 5.41) is 15.8. The minimum atomic E-state index is -0.344. The van der Waals surface area contributed by atoms with E-state index in [1.165, 1.54) is 0 Å². The molecule has 1 aliphatic heterocycles. The maximum absolute atomic E-state index is 11.5. The van der Waals surface area contributed by atoms with Crippen molar-refractivity contribution in [3.05, 3.63) is 39.6 Å². The molecule has 0 spiro atoms. The largest absolute Gasteiger partial charge is 0.454 e. The number of fused-ring (bicyclic) bond motifs is 1. The minimum Gasteiger partial charge on any atom is -0.454 e. The molecule has 0 bridgehead atoms. The maximum atomic E-state index is 11.5. The third-order valence-electron chi connectivity index (χ3n) is 4.07. The first-order valence-corrected chi connectivity index (χ1v) is 7.88. The Kier molecular flexibility index (Phi) is 4.28. The molecule has 1 aromatic carbocycles. The van der Waals surface area contributed by atoms with E-state index in [1.807, 2.05) is 36.9 Å². The van der Waals surface area contributed by atoms with Crippen LogP contribution < -0.4 is 14.4 Å². The highest BCUT2D eigenvalue weighted by Gasteiger charge is 2.29. The first kappa shape index (κ1) is 16.1. The van der Waals surface area contributed by atoms with Crippen molar-refractivity contribution in [1.82, 2.24) is 9.78 Å². The van der Waals surface area contributed by atoms with Crippen LogP contribution in [0.3, 0.4) is 0 Å². The number of ether oxygens (including phenoxy) is 2. The fraction of sp³-hybridized carbons (Fsp3) is 0.438. The number of hydrogen-bond donors (Lipinski definition) is 0. The molecule has 2 aromatic rings. The Hall–Kier alpha value is -2.77. The second-order valence-corrected chi connectivity index (χ2v) is 5.55. The van der Waals surface area contributed by atoms with Gasteiger partial charge in [-0.3, -0.25) is 10.1 Å². The molecule has 0 radical (unpaired) electrons. The summed E-state index contributed by atoms with van der Waals surface area (Å²) < 4.78 is 12.3. The van der Waals surface area contributed by atoms with Gasteiger partial charge in [-0.1, -0.05) is 13.0 Å². The van der Waals surface area contributed by atoms with Crippen LogP contribution in [0.4, 0.5) is 11.5 Å². The predicted molar refractivity (Wildman–Crippen MR) is 88.5 cm³/mol. The van der Waals surface area contributed by atoms with Crippen molar-refractivity contribution in [3.63, 3.8) is 0 Å². The fourth-order valence-electron chi connectivity index (χ4n) is 2.93. The second kappa shape index (κ2) is 6.38. The van der Waals surface area contributed by atoms with Gasteiger partial charge in [0.2, 0.25) is 12.6 Å². The van der Waals surface area contributed by atoms with E-state index in [4.69, 9.17) is 9.47 Å². The van der Waals surface area contributed by atoms with E-state index in [-0.39, 0.29) is 17.4 Å². The molecule has 128 valence electrons. The Labute approximate surface area is 139 Å². The van der Waals surface area contributed by atoms with Crippen LogP contribution in [-0.2, 0) is 20.0 Å². The maximum Gasteiger partial charge on any atom is 0.334 e. The Morgan fingerprint density at radius 2 is 2.08 bits per heavy atom. The first-order valence-electron chi connectivity index (χ1n) is 7.88. The van der Waals surface area contributed by atoms with Crippen molar-refractivity contribution in [1.29, 1.82) is 0 Å². The van der Waals surface area contributed by atoms with Crippen LogP contribution in [0.1, 0.15) is 25.1 Å². The summed E-state index contributed by atoms with van der Waals surface area (Å²) in [6.45, 7) is 5.21. The Morgan fingerprint density at radius 1 is 1.33 bits per heavy atom. The molecule has 0 saturated heterocycles. The highest BCUT2D eigenvalue weighted by atomic mass is 16.7. The van der Waals surface area contributed by atoms with Gasteiger partial charge in [-0.2, -0.15) is 5.10 Å². The number of rotatable bonds is 6. The molecule has 0 N–H and O–H groups in total. The third-order valence-corrected chi connectivity index (χ3v) is 4.07. The summed E-state index contributed by atoms with van der Waals surface area (Å²) in [5.74, 6) is 1.95. The van der Waals surface area contributed by atoms with Crippen LogP contribution in [0.25, 0.3) is 0 Å². The molecule has 1 aliphatic rings. The summed E-state index contributed by atoms with van der Waals surface area (Å²) >= 11 is 0. The molecule has 0 amide bonds. The first-order chi connectivity index (χ1) is 11.5. The molecule has 24 heavy (non-hydrogen) atoms. The molecule has 8 heteroatoms. The fourth-order valence-corrected chi connectivity index (χ4v) is 2.93. The molecule has 0 aliphatic carbocycles. The molecule has 0 unspecified atom stereocenters. The molecule has 1 aromatic heterocycles. The van der Waals surface area contributed by atoms with Crippen molar-refractivity contribution in [2.45, 2.75) is 26.8 Å². The van der Waals surface area contributed by atoms with Gasteiger partial charge in [0, 0.05) is 20.1 Å². The van der Waals surface area contributed by atoms with Gasteiger partial charge in [-0.05, 0) is 31.0 Å². The highest BCUT2D eigenvalue weighted by Crippen LogP contribution is 2.35. The van der Waals surface area contributed by atoms with Gasteiger partial charge in [0.25, 0.3) is 0 Å². The minimum absolute atomic E-state index is 0.0857. The topological polar surface area (TPSA) is 82.7 Å². The van der Waals surface area contributed by atoms with Gasteiger partial charge in [0.1, 0.15) is 5.69 Å². The number of hydrogen-bond acceptors (Lipinski definition) is 6. The average molecular weight is 332 g/mol. The molecular formula is C16H20N4O4. The van der Waals surface area contributed by atoms with Crippen LogP contribution in [-0.4, -0.2) is 28.0 Å². The van der Waals surface area contributed by atoms with Crippen LogP contribution >= 0.6 is 0 Å². The summed E-state index contributed by atoms with van der Waals surface area (Å²) in [6.07, 6.45) is 0.520. The van der Waals surface area contributed by atoms with Crippen molar-refractivity contribution >= 4 is 11.5 Å². The predicted octanol–water partition coefficient (Wildman–Crippen LogP) is 2.65. The zero-order chi connectivity index (χ0) is 17.3. The lowest BCUT2D eigenvalue weighted by atomic mass is 10.2. The number of anilines is 1. The monoisotopic (exact) mass is 332 g/mol. The SMILES string of the molecule is CCc1nn(C)c(N(CC)Cc2ccc3c(c2)OCO3)c1[N+](=O)[O-]. The van der Waals surface area contributed by atoms with E-state index in [9.17, 15) is 10.1 Å². The Balaban J connectivity index is 1.95. The molecule has 0 atom stereocenters. The second-order valence-electron chi connectivity index (χ2n) is 5.55. The molecular weight excluding hydrogens is 312 g/mol. The highest BCUT2D eigenvalue weighted by molar-refractivity contribution is 5.62. The number of aromatic nitrogens is 2. The van der Waals surface area contributed by atoms with Gasteiger partial charge in [-0.15, -0.1) is 0 Å². The summed E-state index contributed by atoms with van der Waals surface area (Å²) in [7, 11) is 1.74. The number of nitro groups is 1. The summed E-state index contributed by atoms with van der Waals surface area (Å²) in [6, 6.07) is 5.72. The van der Waals surface area contributed by atoms with Crippen molar-refractivity contribution in [3.8, 4) is 11.5 Å². The van der Waals surface area contributed by atoms with E-state index in [0.29, 0.717) is 36.8 Å². The summed E-state index contributed by atoms with van der Waals surface area (Å²) in [4.78, 5) is 13.1. The van der Waals surface area contributed by atoms with E-state index >= 15 is 0 Å². The van der Waals surface area contributed by atoms with Crippen LogP contribution in [0.2, 0.25) is 0 Å². The standard InChI is InChI=1S/C16H20N4O4/c1-4-12-15(20(21)22)16(18(3)17-12)19(5-2)9-11-6-7-13-14(8-11)24-10-23-13/h6-8H,4-5,9-10H2,1-3H3. The zero-order valence-electron chi connectivity index (χ0n) is 14.0. The molecule has 8 nitrogen and oxygen atoms in total. The average Bonchev–Trinajstić information content (AvgIpc) is 3.15.